The smallest absolute Gasteiger partial charge is 0.338 e. The molecule has 0 spiro atoms. The van der Waals surface area contributed by atoms with Gasteiger partial charge in [-0.05, 0) is 63.8 Å². The van der Waals surface area contributed by atoms with E-state index in [1.165, 1.54) is 23.0 Å². The van der Waals surface area contributed by atoms with Crippen molar-refractivity contribution in [2.75, 3.05) is 25.1 Å². The maximum absolute atomic E-state index is 13.9. The minimum atomic E-state index is -0.828. The quantitative estimate of drug-likeness (QED) is 0.401. The number of furan rings is 1. The average Bonchev–Trinajstić information content (AvgIpc) is 3.47. The van der Waals surface area contributed by atoms with Crippen LogP contribution >= 0.6 is 22.9 Å². The number of fused-ring (bicyclic) bond motifs is 1. The van der Waals surface area contributed by atoms with Gasteiger partial charge >= 0.3 is 5.97 Å². The first-order valence-corrected chi connectivity index (χ1v) is 14.3. The van der Waals surface area contributed by atoms with E-state index in [1.54, 1.807) is 45.0 Å². The van der Waals surface area contributed by atoms with Gasteiger partial charge in [0.2, 0.25) is 0 Å². The third-order valence-corrected chi connectivity index (χ3v) is 8.27. The van der Waals surface area contributed by atoms with Gasteiger partial charge in [-0.2, -0.15) is 0 Å². The highest BCUT2D eigenvalue weighted by Gasteiger charge is 2.35. The largest absolute Gasteiger partial charge is 0.496 e. The van der Waals surface area contributed by atoms with Gasteiger partial charge in [-0.3, -0.25) is 9.36 Å². The SMILES string of the molecule is COc1ccc(Cl)cc1[C@@H]1C(C(=O)OC(C)C)=C(C)N=c2s/c(=C\c3ccc(N4CCC(C)CC4)o3)c(=O)n21. The molecule has 1 aromatic carbocycles. The highest BCUT2D eigenvalue weighted by molar-refractivity contribution is 7.07. The molecule has 0 bridgehead atoms. The number of hydrogen-bond acceptors (Lipinski definition) is 8. The number of methoxy groups -OCH3 is 1. The van der Waals surface area contributed by atoms with E-state index in [0.29, 0.717) is 43.0 Å². The first kappa shape index (κ1) is 27.3. The number of thiazole rings is 1. The van der Waals surface area contributed by atoms with Gasteiger partial charge in [-0.25, -0.2) is 9.79 Å². The molecule has 2 aromatic heterocycles. The van der Waals surface area contributed by atoms with Crippen molar-refractivity contribution in [2.24, 2.45) is 10.9 Å². The number of ether oxygens (including phenoxy) is 2. The summed E-state index contributed by atoms with van der Waals surface area (Å²) in [6.07, 6.45) is 3.64. The van der Waals surface area contributed by atoms with Crippen LogP contribution in [0, 0.1) is 5.92 Å². The minimum absolute atomic E-state index is 0.267. The van der Waals surface area contributed by atoms with Crippen molar-refractivity contribution < 1.29 is 18.7 Å². The van der Waals surface area contributed by atoms with Crippen molar-refractivity contribution in [3.8, 4) is 5.75 Å². The van der Waals surface area contributed by atoms with Crippen LogP contribution in [0.4, 0.5) is 5.88 Å². The maximum atomic E-state index is 13.9. The molecule has 2 aliphatic heterocycles. The van der Waals surface area contributed by atoms with Crippen molar-refractivity contribution >= 4 is 40.9 Å². The molecule has 0 aliphatic carbocycles. The monoisotopic (exact) mass is 569 g/mol. The van der Waals surface area contributed by atoms with Gasteiger partial charge in [0, 0.05) is 35.8 Å². The minimum Gasteiger partial charge on any atom is -0.496 e. The molecule has 2 aliphatic rings. The van der Waals surface area contributed by atoms with E-state index in [1.807, 2.05) is 12.1 Å². The number of aromatic nitrogens is 1. The zero-order valence-electron chi connectivity index (χ0n) is 22.7. The lowest BCUT2D eigenvalue weighted by Gasteiger charge is -2.29. The summed E-state index contributed by atoms with van der Waals surface area (Å²) < 4.78 is 19.3. The molecule has 1 saturated heterocycles. The normalized spacial score (nSPS) is 18.4. The fourth-order valence-corrected chi connectivity index (χ4v) is 6.23. The number of piperidine rings is 1. The molecular weight excluding hydrogens is 538 g/mol. The fourth-order valence-electron chi connectivity index (χ4n) is 5.02. The third-order valence-electron chi connectivity index (χ3n) is 7.05. The summed E-state index contributed by atoms with van der Waals surface area (Å²) in [5.74, 6) is 2.06. The topological polar surface area (TPSA) is 86.3 Å². The molecule has 39 heavy (non-hydrogen) atoms. The molecule has 0 amide bonds. The van der Waals surface area contributed by atoms with Crippen LogP contribution in [0.2, 0.25) is 5.02 Å². The highest BCUT2D eigenvalue weighted by Crippen LogP contribution is 2.37. The summed E-state index contributed by atoms with van der Waals surface area (Å²) in [6.45, 7) is 9.47. The van der Waals surface area contributed by atoms with Crippen LogP contribution in [-0.4, -0.2) is 36.8 Å². The van der Waals surface area contributed by atoms with Gasteiger partial charge in [-0.1, -0.05) is 29.9 Å². The van der Waals surface area contributed by atoms with Crippen LogP contribution < -0.4 is 24.5 Å². The Kier molecular flexibility index (Phi) is 7.73. The van der Waals surface area contributed by atoms with Crippen molar-refractivity contribution in [1.29, 1.82) is 0 Å². The van der Waals surface area contributed by atoms with Gasteiger partial charge in [0.1, 0.15) is 17.6 Å². The molecule has 3 aromatic rings. The summed E-state index contributed by atoms with van der Waals surface area (Å²) in [5.41, 5.74) is 1.02. The van der Waals surface area contributed by atoms with E-state index in [-0.39, 0.29) is 17.2 Å². The van der Waals surface area contributed by atoms with Gasteiger partial charge in [0.25, 0.3) is 5.56 Å². The maximum Gasteiger partial charge on any atom is 0.338 e. The van der Waals surface area contributed by atoms with Gasteiger partial charge in [-0.15, -0.1) is 0 Å². The molecule has 10 heteroatoms. The van der Waals surface area contributed by atoms with Crippen LogP contribution in [0.1, 0.15) is 57.9 Å². The summed E-state index contributed by atoms with van der Waals surface area (Å²) in [5, 5.41) is 0.453. The second kappa shape index (κ2) is 11.1. The van der Waals surface area contributed by atoms with E-state index in [9.17, 15) is 9.59 Å². The Hall–Kier alpha value is -3.30. The molecule has 0 unspecified atom stereocenters. The number of rotatable bonds is 6. The lowest BCUT2D eigenvalue weighted by Crippen LogP contribution is -2.40. The number of nitrogens with zero attached hydrogens (tertiary/aromatic N) is 3. The molecule has 8 nitrogen and oxygen atoms in total. The predicted molar refractivity (Wildman–Crippen MR) is 152 cm³/mol. The van der Waals surface area contributed by atoms with Crippen LogP contribution in [0.25, 0.3) is 6.08 Å². The van der Waals surface area contributed by atoms with E-state index in [4.69, 9.17) is 25.5 Å². The Morgan fingerprint density at radius 1 is 1.23 bits per heavy atom. The van der Waals surface area contributed by atoms with E-state index in [0.717, 1.165) is 31.8 Å². The number of carbonyl (C=O) groups is 1. The van der Waals surface area contributed by atoms with Crippen molar-refractivity contribution in [3.63, 3.8) is 0 Å². The van der Waals surface area contributed by atoms with Crippen molar-refractivity contribution in [2.45, 2.75) is 52.7 Å². The second-order valence-electron chi connectivity index (χ2n) is 10.3. The first-order valence-electron chi connectivity index (χ1n) is 13.1. The summed E-state index contributed by atoms with van der Waals surface area (Å²) in [6, 6.07) is 8.13. The Bertz CT molecular complexity index is 1610. The third kappa shape index (κ3) is 5.43. The lowest BCUT2D eigenvalue weighted by molar-refractivity contribution is -0.143. The molecule has 1 atom stereocenters. The number of allylic oxidation sites excluding steroid dienone is 1. The van der Waals surface area contributed by atoms with Gasteiger partial charge in [0.05, 0.1) is 29.0 Å². The van der Waals surface area contributed by atoms with Crippen LogP contribution in [0.15, 0.2) is 55.8 Å². The highest BCUT2D eigenvalue weighted by atomic mass is 35.5. The first-order chi connectivity index (χ1) is 18.7. The standard InChI is InChI=1S/C29H32ClN3O5S/c1-16(2)37-28(35)25-18(4)31-29-33(26(25)21-14-19(30)6-8-22(21)36-5)27(34)23(39-29)15-20-7-9-24(38-20)32-12-10-17(3)11-13-32/h6-9,14-17,26H,10-13H2,1-5H3/b23-15-/t26-/m1/s1. The molecule has 4 heterocycles. The Labute approximate surface area is 235 Å². The van der Waals surface area contributed by atoms with Crippen LogP contribution in [0.5, 0.6) is 5.75 Å². The van der Waals surface area contributed by atoms with E-state index in [2.05, 4.69) is 16.8 Å². The lowest BCUT2D eigenvalue weighted by atomic mass is 9.95. The Balaban J connectivity index is 1.62. The number of anilines is 1. The number of benzene rings is 1. The number of hydrogen-bond donors (Lipinski definition) is 0. The molecule has 0 saturated carbocycles. The van der Waals surface area contributed by atoms with E-state index < -0.39 is 12.0 Å². The molecule has 206 valence electrons. The zero-order chi connectivity index (χ0) is 27.8. The second-order valence-corrected chi connectivity index (χ2v) is 11.7. The number of carbonyl (C=O) groups excluding carboxylic acids is 1. The van der Waals surface area contributed by atoms with Gasteiger partial charge < -0.3 is 18.8 Å². The Morgan fingerprint density at radius 2 is 1.97 bits per heavy atom. The summed E-state index contributed by atoms with van der Waals surface area (Å²) in [7, 11) is 1.54. The fraction of sp³-hybridized carbons (Fsp3) is 0.414. The number of halogens is 1. The van der Waals surface area contributed by atoms with Crippen molar-refractivity contribution in [3.05, 3.63) is 77.6 Å². The number of esters is 1. The van der Waals surface area contributed by atoms with Crippen molar-refractivity contribution in [1.82, 2.24) is 4.57 Å². The summed E-state index contributed by atoms with van der Waals surface area (Å²) >= 11 is 7.62. The average molecular weight is 570 g/mol. The summed E-state index contributed by atoms with van der Waals surface area (Å²) in [4.78, 5) is 34.6. The molecule has 1 fully saturated rings. The van der Waals surface area contributed by atoms with Crippen LogP contribution in [0.3, 0.4) is 0 Å². The zero-order valence-corrected chi connectivity index (χ0v) is 24.3. The van der Waals surface area contributed by atoms with E-state index >= 15 is 0 Å². The molecular formula is C29H32ClN3O5S. The molecule has 0 N–H and O–H groups in total. The Morgan fingerprint density at radius 3 is 2.67 bits per heavy atom. The predicted octanol–water partition coefficient (Wildman–Crippen LogP) is 4.68. The van der Waals surface area contributed by atoms with Gasteiger partial charge in [0.15, 0.2) is 10.7 Å². The molecule has 0 radical (unpaired) electrons. The van der Waals surface area contributed by atoms with Crippen LogP contribution in [-0.2, 0) is 9.53 Å². The molecule has 5 rings (SSSR count).